The Hall–Kier alpha value is -0.480. The number of thioether (sulfide) groups is 1. The number of rotatable bonds is 4. The van der Waals surface area contributed by atoms with Crippen molar-refractivity contribution in [1.29, 1.82) is 0 Å². The van der Waals surface area contributed by atoms with Crippen LogP contribution in [0.4, 0.5) is 0 Å². The lowest BCUT2D eigenvalue weighted by atomic mass is 10.1. The lowest BCUT2D eigenvalue weighted by Crippen LogP contribution is -2.22. The molecule has 1 saturated heterocycles. The van der Waals surface area contributed by atoms with E-state index in [-0.39, 0.29) is 0 Å². The van der Waals surface area contributed by atoms with Crippen LogP contribution in [0.25, 0.3) is 0 Å². The Balaban J connectivity index is 1.63. The van der Waals surface area contributed by atoms with E-state index in [1.54, 1.807) is 6.20 Å². The van der Waals surface area contributed by atoms with E-state index < -0.39 is 0 Å². The molecule has 1 atom stereocenters. The van der Waals surface area contributed by atoms with Crippen molar-refractivity contribution in [2.24, 2.45) is 5.92 Å². The molecule has 2 N–H and O–H groups in total. The van der Waals surface area contributed by atoms with Crippen molar-refractivity contribution < 1.29 is 0 Å². The van der Waals surface area contributed by atoms with Gasteiger partial charge in [-0.15, -0.1) is 0 Å². The fourth-order valence-electron chi connectivity index (χ4n) is 1.53. The summed E-state index contributed by atoms with van der Waals surface area (Å²) in [7, 11) is 0. The van der Waals surface area contributed by atoms with Gasteiger partial charge in [-0.25, -0.2) is 4.98 Å². The predicted octanol–water partition coefficient (Wildman–Crippen LogP) is 1.25. The van der Waals surface area contributed by atoms with E-state index in [9.17, 15) is 0 Å². The van der Waals surface area contributed by atoms with Crippen LogP contribution < -0.4 is 5.32 Å². The van der Waals surface area contributed by atoms with Crippen LogP contribution >= 0.6 is 11.8 Å². The second kappa shape index (κ2) is 4.67. The molecule has 0 radical (unpaired) electrons. The molecule has 2 heterocycles. The summed E-state index contributed by atoms with van der Waals surface area (Å²) in [6, 6.07) is 0. The van der Waals surface area contributed by atoms with Gasteiger partial charge in [-0.1, -0.05) is 0 Å². The second-order valence-corrected chi connectivity index (χ2v) is 4.55. The first-order valence-corrected chi connectivity index (χ1v) is 5.87. The third-order valence-corrected chi connectivity index (χ3v) is 3.54. The summed E-state index contributed by atoms with van der Waals surface area (Å²) in [6.07, 6.45) is 5.03. The van der Waals surface area contributed by atoms with E-state index in [0.29, 0.717) is 0 Å². The van der Waals surface area contributed by atoms with E-state index in [1.165, 1.54) is 17.9 Å². The van der Waals surface area contributed by atoms with Gasteiger partial charge in [0.15, 0.2) is 0 Å². The van der Waals surface area contributed by atoms with Gasteiger partial charge in [0.2, 0.25) is 0 Å². The monoisotopic (exact) mass is 197 g/mol. The number of H-pyrrole nitrogens is 1. The molecule has 4 heteroatoms. The van der Waals surface area contributed by atoms with Gasteiger partial charge in [-0.05, 0) is 30.4 Å². The minimum Gasteiger partial charge on any atom is -0.348 e. The molecule has 1 aromatic heterocycles. The Kier molecular flexibility index (Phi) is 3.27. The fourth-order valence-corrected chi connectivity index (χ4v) is 2.82. The molecule has 1 fully saturated rings. The zero-order valence-corrected chi connectivity index (χ0v) is 8.44. The highest BCUT2D eigenvalue weighted by molar-refractivity contribution is 7.99. The standard InChI is InChI=1S/C9H15N3S/c1-4-13-7-8(1)5-10-6-9-11-2-3-12-9/h2-3,8,10H,1,4-7H2,(H,11,12). The van der Waals surface area contributed by atoms with Gasteiger partial charge in [-0.3, -0.25) is 0 Å². The summed E-state index contributed by atoms with van der Waals surface area (Å²) >= 11 is 2.07. The van der Waals surface area contributed by atoms with Crippen LogP contribution in [0.1, 0.15) is 12.2 Å². The van der Waals surface area contributed by atoms with Gasteiger partial charge < -0.3 is 10.3 Å². The Bertz CT molecular complexity index is 229. The molecule has 0 aliphatic carbocycles. The molecule has 0 aromatic carbocycles. The molecule has 0 amide bonds. The van der Waals surface area contributed by atoms with Gasteiger partial charge in [0.1, 0.15) is 5.82 Å². The molecule has 1 aliphatic heterocycles. The van der Waals surface area contributed by atoms with Crippen molar-refractivity contribution >= 4 is 11.8 Å². The van der Waals surface area contributed by atoms with E-state index in [2.05, 4.69) is 27.0 Å². The molecule has 0 saturated carbocycles. The first kappa shape index (κ1) is 9.09. The molecule has 13 heavy (non-hydrogen) atoms. The van der Waals surface area contributed by atoms with Gasteiger partial charge in [-0.2, -0.15) is 11.8 Å². The molecular formula is C9H15N3S. The normalized spacial score (nSPS) is 22.3. The first-order valence-electron chi connectivity index (χ1n) is 4.72. The van der Waals surface area contributed by atoms with Crippen molar-refractivity contribution in [1.82, 2.24) is 15.3 Å². The van der Waals surface area contributed by atoms with E-state index in [4.69, 9.17) is 0 Å². The molecule has 2 rings (SSSR count). The van der Waals surface area contributed by atoms with Crippen LogP contribution in [0.15, 0.2) is 12.4 Å². The van der Waals surface area contributed by atoms with Gasteiger partial charge in [0, 0.05) is 12.4 Å². The highest BCUT2D eigenvalue weighted by Gasteiger charge is 2.14. The maximum Gasteiger partial charge on any atom is 0.120 e. The summed E-state index contributed by atoms with van der Waals surface area (Å²) in [5.74, 6) is 4.57. The average Bonchev–Trinajstić information content (AvgIpc) is 2.75. The summed E-state index contributed by atoms with van der Waals surface area (Å²) in [4.78, 5) is 7.24. The largest absolute Gasteiger partial charge is 0.348 e. The van der Waals surface area contributed by atoms with E-state index >= 15 is 0 Å². The number of aromatic amines is 1. The van der Waals surface area contributed by atoms with Crippen LogP contribution in [-0.4, -0.2) is 28.0 Å². The number of hydrogen-bond acceptors (Lipinski definition) is 3. The van der Waals surface area contributed by atoms with Crippen LogP contribution in [0.5, 0.6) is 0 Å². The van der Waals surface area contributed by atoms with Crippen LogP contribution in [0, 0.1) is 5.92 Å². The molecule has 1 aliphatic rings. The van der Waals surface area contributed by atoms with Crippen molar-refractivity contribution in [3.8, 4) is 0 Å². The third-order valence-electron chi connectivity index (χ3n) is 2.30. The summed E-state index contributed by atoms with van der Waals surface area (Å²) in [5, 5.41) is 3.42. The van der Waals surface area contributed by atoms with Crippen molar-refractivity contribution in [3.05, 3.63) is 18.2 Å². The van der Waals surface area contributed by atoms with Crippen molar-refractivity contribution in [2.45, 2.75) is 13.0 Å². The Morgan fingerprint density at radius 1 is 1.69 bits per heavy atom. The molecule has 0 bridgehead atoms. The number of aromatic nitrogens is 2. The van der Waals surface area contributed by atoms with Crippen LogP contribution in [0.3, 0.4) is 0 Å². The zero-order valence-electron chi connectivity index (χ0n) is 7.62. The van der Waals surface area contributed by atoms with Gasteiger partial charge in [0.05, 0.1) is 6.54 Å². The topological polar surface area (TPSA) is 40.7 Å². The predicted molar refractivity (Wildman–Crippen MR) is 55.7 cm³/mol. The Labute approximate surface area is 82.7 Å². The number of hydrogen-bond donors (Lipinski definition) is 2. The maximum atomic E-state index is 4.16. The number of nitrogens with zero attached hydrogens (tertiary/aromatic N) is 1. The molecular weight excluding hydrogens is 182 g/mol. The quantitative estimate of drug-likeness (QED) is 0.763. The Morgan fingerprint density at radius 2 is 2.69 bits per heavy atom. The van der Waals surface area contributed by atoms with Crippen LogP contribution in [0.2, 0.25) is 0 Å². The SMILES string of the molecule is c1c[nH]c(CNCC2CCSC2)n1. The molecule has 72 valence electrons. The minimum absolute atomic E-state index is 0.869. The molecule has 1 unspecified atom stereocenters. The van der Waals surface area contributed by atoms with Crippen molar-refractivity contribution in [2.75, 3.05) is 18.1 Å². The second-order valence-electron chi connectivity index (χ2n) is 3.40. The van der Waals surface area contributed by atoms with Crippen LogP contribution in [-0.2, 0) is 6.54 Å². The lowest BCUT2D eigenvalue weighted by molar-refractivity contribution is 0.517. The summed E-state index contributed by atoms with van der Waals surface area (Å²) in [6.45, 7) is 2.00. The zero-order chi connectivity index (χ0) is 8.93. The van der Waals surface area contributed by atoms with Gasteiger partial charge >= 0.3 is 0 Å². The fraction of sp³-hybridized carbons (Fsp3) is 0.667. The van der Waals surface area contributed by atoms with Crippen molar-refractivity contribution in [3.63, 3.8) is 0 Å². The highest BCUT2D eigenvalue weighted by atomic mass is 32.2. The number of nitrogens with one attached hydrogen (secondary N) is 2. The average molecular weight is 197 g/mol. The molecule has 0 spiro atoms. The molecule has 1 aromatic rings. The van der Waals surface area contributed by atoms with E-state index in [0.717, 1.165) is 24.8 Å². The van der Waals surface area contributed by atoms with E-state index in [1.807, 2.05) is 6.20 Å². The molecule has 3 nitrogen and oxygen atoms in total. The summed E-state index contributed by atoms with van der Waals surface area (Å²) in [5.41, 5.74) is 0. The smallest absolute Gasteiger partial charge is 0.120 e. The third kappa shape index (κ3) is 2.74. The Morgan fingerprint density at radius 3 is 3.38 bits per heavy atom. The summed E-state index contributed by atoms with van der Waals surface area (Å²) < 4.78 is 0. The highest BCUT2D eigenvalue weighted by Crippen LogP contribution is 2.22. The first-order chi connectivity index (χ1) is 6.45. The minimum atomic E-state index is 0.869. The lowest BCUT2D eigenvalue weighted by Gasteiger charge is -2.08. The van der Waals surface area contributed by atoms with Gasteiger partial charge in [0.25, 0.3) is 0 Å². The maximum absolute atomic E-state index is 4.16. The number of imidazole rings is 1.